The zero-order valence-corrected chi connectivity index (χ0v) is 9.79. The van der Waals surface area contributed by atoms with E-state index in [2.05, 4.69) is 12.2 Å². The van der Waals surface area contributed by atoms with Crippen molar-refractivity contribution in [2.75, 3.05) is 19.8 Å². The third kappa shape index (κ3) is 3.80. The van der Waals surface area contributed by atoms with Crippen LogP contribution in [0.15, 0.2) is 0 Å². The van der Waals surface area contributed by atoms with E-state index in [0.717, 1.165) is 13.0 Å². The van der Waals surface area contributed by atoms with Crippen LogP contribution >= 0.6 is 0 Å². The molecule has 4 heteroatoms. The molecule has 0 aliphatic carbocycles. The molecule has 0 aromatic heterocycles. The lowest BCUT2D eigenvalue weighted by molar-refractivity contribution is -0.154. The summed E-state index contributed by atoms with van der Waals surface area (Å²) >= 11 is 0. The zero-order chi connectivity index (χ0) is 11.3. The fourth-order valence-electron chi connectivity index (χ4n) is 1.74. The van der Waals surface area contributed by atoms with E-state index in [1.807, 2.05) is 13.8 Å². The Labute approximate surface area is 91.3 Å². The lowest BCUT2D eigenvalue weighted by Crippen LogP contribution is -2.38. The van der Waals surface area contributed by atoms with Crippen molar-refractivity contribution in [3.63, 3.8) is 0 Å². The van der Waals surface area contributed by atoms with Gasteiger partial charge in [-0.1, -0.05) is 6.92 Å². The standard InChI is InChI=1S/C11H21NO3/c1-4-14-7-9(3)15-11(13)10-8(2)5-6-12-10/h8-10,12H,4-7H2,1-3H3. The largest absolute Gasteiger partial charge is 0.459 e. The second kappa shape index (κ2) is 6.08. The molecule has 0 aromatic rings. The van der Waals surface area contributed by atoms with Crippen LogP contribution in [-0.4, -0.2) is 37.9 Å². The molecule has 1 rings (SSSR count). The van der Waals surface area contributed by atoms with Crippen molar-refractivity contribution < 1.29 is 14.3 Å². The van der Waals surface area contributed by atoms with Crippen LogP contribution in [0, 0.1) is 5.92 Å². The van der Waals surface area contributed by atoms with Crippen LogP contribution in [0.25, 0.3) is 0 Å². The second-order valence-corrected chi connectivity index (χ2v) is 4.10. The fourth-order valence-corrected chi connectivity index (χ4v) is 1.74. The molecule has 1 heterocycles. The SMILES string of the molecule is CCOCC(C)OC(=O)C1NCCC1C. The van der Waals surface area contributed by atoms with E-state index in [9.17, 15) is 4.79 Å². The van der Waals surface area contributed by atoms with Crippen LogP contribution in [0.5, 0.6) is 0 Å². The highest BCUT2D eigenvalue weighted by Gasteiger charge is 2.31. The third-order valence-corrected chi connectivity index (χ3v) is 2.66. The quantitative estimate of drug-likeness (QED) is 0.694. The van der Waals surface area contributed by atoms with Crippen molar-refractivity contribution in [2.24, 2.45) is 5.92 Å². The Balaban J connectivity index is 2.28. The number of hydrogen-bond donors (Lipinski definition) is 1. The molecule has 0 amide bonds. The minimum absolute atomic E-state index is 0.130. The van der Waals surface area contributed by atoms with Crippen LogP contribution in [0.4, 0.5) is 0 Å². The number of carbonyl (C=O) groups is 1. The lowest BCUT2D eigenvalue weighted by Gasteiger charge is -2.18. The monoisotopic (exact) mass is 215 g/mol. The molecule has 0 spiro atoms. The number of hydrogen-bond acceptors (Lipinski definition) is 4. The van der Waals surface area contributed by atoms with Crippen molar-refractivity contribution in [3.05, 3.63) is 0 Å². The van der Waals surface area contributed by atoms with Crippen LogP contribution < -0.4 is 5.32 Å². The van der Waals surface area contributed by atoms with Crippen LogP contribution in [0.1, 0.15) is 27.2 Å². The van der Waals surface area contributed by atoms with Gasteiger partial charge in [-0.2, -0.15) is 0 Å². The predicted octanol–water partition coefficient (Wildman–Crippen LogP) is 0.953. The molecule has 4 nitrogen and oxygen atoms in total. The van der Waals surface area contributed by atoms with Gasteiger partial charge >= 0.3 is 5.97 Å². The number of rotatable bonds is 5. The normalized spacial score (nSPS) is 27.7. The third-order valence-electron chi connectivity index (χ3n) is 2.66. The van der Waals surface area contributed by atoms with Gasteiger partial charge in [0.25, 0.3) is 0 Å². The first kappa shape index (κ1) is 12.5. The van der Waals surface area contributed by atoms with E-state index in [-0.39, 0.29) is 18.1 Å². The first-order chi connectivity index (χ1) is 7.15. The maximum Gasteiger partial charge on any atom is 0.323 e. The van der Waals surface area contributed by atoms with E-state index in [1.54, 1.807) is 0 Å². The second-order valence-electron chi connectivity index (χ2n) is 4.10. The van der Waals surface area contributed by atoms with Crippen molar-refractivity contribution in [1.82, 2.24) is 5.32 Å². The van der Waals surface area contributed by atoms with Crippen molar-refractivity contribution in [2.45, 2.75) is 39.3 Å². The Morgan fingerprint density at radius 3 is 2.87 bits per heavy atom. The highest BCUT2D eigenvalue weighted by Crippen LogP contribution is 2.16. The highest BCUT2D eigenvalue weighted by molar-refractivity contribution is 5.76. The van der Waals surface area contributed by atoms with Crippen molar-refractivity contribution in [3.8, 4) is 0 Å². The van der Waals surface area contributed by atoms with E-state index in [4.69, 9.17) is 9.47 Å². The summed E-state index contributed by atoms with van der Waals surface area (Å²) in [5.74, 6) is 0.226. The van der Waals surface area contributed by atoms with Gasteiger partial charge in [0.2, 0.25) is 0 Å². The summed E-state index contributed by atoms with van der Waals surface area (Å²) in [4.78, 5) is 11.7. The summed E-state index contributed by atoms with van der Waals surface area (Å²) in [6.07, 6.45) is 0.881. The molecule has 3 unspecified atom stereocenters. The molecule has 0 bridgehead atoms. The summed E-state index contributed by atoms with van der Waals surface area (Å²) in [5.41, 5.74) is 0. The molecule has 1 N–H and O–H groups in total. The Hall–Kier alpha value is -0.610. The van der Waals surface area contributed by atoms with E-state index in [1.165, 1.54) is 0 Å². The van der Waals surface area contributed by atoms with Gasteiger partial charge < -0.3 is 14.8 Å². The molecule has 3 atom stereocenters. The maximum atomic E-state index is 11.7. The minimum atomic E-state index is -0.160. The fraction of sp³-hybridized carbons (Fsp3) is 0.909. The minimum Gasteiger partial charge on any atom is -0.459 e. The van der Waals surface area contributed by atoms with Gasteiger partial charge in [-0.3, -0.25) is 4.79 Å². The Kier molecular flexibility index (Phi) is 5.05. The van der Waals surface area contributed by atoms with Gasteiger partial charge in [-0.25, -0.2) is 0 Å². The number of carbonyl (C=O) groups excluding carboxylic acids is 1. The summed E-state index contributed by atoms with van der Waals surface area (Å²) in [6.45, 7) is 7.88. The number of ether oxygens (including phenoxy) is 2. The average Bonchev–Trinajstić information content (AvgIpc) is 2.61. The zero-order valence-electron chi connectivity index (χ0n) is 9.79. The van der Waals surface area contributed by atoms with Gasteiger partial charge in [0, 0.05) is 6.61 Å². The van der Waals surface area contributed by atoms with Gasteiger partial charge in [-0.15, -0.1) is 0 Å². The summed E-state index contributed by atoms with van der Waals surface area (Å²) in [6, 6.07) is -0.130. The van der Waals surface area contributed by atoms with Crippen molar-refractivity contribution >= 4 is 5.97 Å². The Morgan fingerprint density at radius 2 is 2.33 bits per heavy atom. The molecule has 0 saturated carbocycles. The molecule has 1 saturated heterocycles. The highest BCUT2D eigenvalue weighted by atomic mass is 16.6. The molecular weight excluding hydrogens is 194 g/mol. The first-order valence-corrected chi connectivity index (χ1v) is 5.66. The van der Waals surface area contributed by atoms with E-state index in [0.29, 0.717) is 19.1 Å². The van der Waals surface area contributed by atoms with Gasteiger partial charge in [0.15, 0.2) is 0 Å². The number of esters is 1. The van der Waals surface area contributed by atoms with Gasteiger partial charge in [0.1, 0.15) is 12.1 Å². The molecule has 15 heavy (non-hydrogen) atoms. The van der Waals surface area contributed by atoms with Crippen LogP contribution in [0.2, 0.25) is 0 Å². The summed E-state index contributed by atoms with van der Waals surface area (Å²) in [7, 11) is 0. The van der Waals surface area contributed by atoms with Gasteiger partial charge in [0.05, 0.1) is 6.61 Å². The van der Waals surface area contributed by atoms with Crippen LogP contribution in [0.3, 0.4) is 0 Å². The van der Waals surface area contributed by atoms with E-state index >= 15 is 0 Å². The van der Waals surface area contributed by atoms with E-state index < -0.39 is 0 Å². The molecule has 1 aliphatic rings. The molecule has 1 aliphatic heterocycles. The average molecular weight is 215 g/mol. The Morgan fingerprint density at radius 1 is 1.60 bits per heavy atom. The van der Waals surface area contributed by atoms with Crippen molar-refractivity contribution in [1.29, 1.82) is 0 Å². The molecule has 0 radical (unpaired) electrons. The molecule has 0 aromatic carbocycles. The predicted molar refractivity (Wildman–Crippen MR) is 57.6 cm³/mol. The number of nitrogens with one attached hydrogen (secondary N) is 1. The Bertz CT molecular complexity index is 208. The molecule has 1 fully saturated rings. The van der Waals surface area contributed by atoms with Gasteiger partial charge in [-0.05, 0) is 32.7 Å². The van der Waals surface area contributed by atoms with Crippen LogP contribution in [-0.2, 0) is 14.3 Å². The molecular formula is C11H21NO3. The maximum absolute atomic E-state index is 11.7. The topological polar surface area (TPSA) is 47.6 Å². The summed E-state index contributed by atoms with van der Waals surface area (Å²) in [5, 5.41) is 3.15. The smallest absolute Gasteiger partial charge is 0.323 e. The first-order valence-electron chi connectivity index (χ1n) is 5.66. The molecule has 88 valence electrons. The summed E-state index contributed by atoms with van der Waals surface area (Å²) < 4.78 is 10.5. The lowest BCUT2D eigenvalue weighted by atomic mass is 10.0.